The zero-order chi connectivity index (χ0) is 6.20. The molecule has 2 N–H and O–H groups in total. The van der Waals surface area contributed by atoms with Gasteiger partial charge in [-0.1, -0.05) is 0 Å². The Balaban J connectivity index is 2.21. The van der Waals surface area contributed by atoms with Crippen LogP contribution < -0.4 is 0 Å². The summed E-state index contributed by atoms with van der Waals surface area (Å²) in [6.45, 7) is 2.04. The summed E-state index contributed by atoms with van der Waals surface area (Å²) in [5, 5.41) is 17.6. The Morgan fingerprint density at radius 1 is 1.62 bits per heavy atom. The summed E-state index contributed by atoms with van der Waals surface area (Å²) < 4.78 is 0. The Morgan fingerprint density at radius 2 is 2.12 bits per heavy atom. The van der Waals surface area contributed by atoms with Crippen LogP contribution in [0.15, 0.2) is 0 Å². The van der Waals surface area contributed by atoms with E-state index in [0.29, 0.717) is 5.92 Å². The number of hydrogen-bond donors (Lipinski definition) is 2. The topological polar surface area (TPSA) is 40.5 Å². The summed E-state index contributed by atoms with van der Waals surface area (Å²) in [5.41, 5.74) is -0.465. The van der Waals surface area contributed by atoms with Crippen molar-refractivity contribution in [3.8, 4) is 0 Å². The molecule has 0 aromatic carbocycles. The molecular weight excluding hydrogens is 104 g/mol. The van der Waals surface area contributed by atoms with E-state index in [9.17, 15) is 0 Å². The maximum Gasteiger partial charge on any atom is 0.0626 e. The highest BCUT2D eigenvalue weighted by molar-refractivity contribution is 4.89. The first kappa shape index (κ1) is 6.05. The maximum atomic E-state index is 9.10. The predicted molar refractivity (Wildman–Crippen MR) is 30.4 cm³/mol. The van der Waals surface area contributed by atoms with Crippen molar-refractivity contribution in [3.05, 3.63) is 0 Å². The van der Waals surface area contributed by atoms with Crippen molar-refractivity contribution >= 4 is 0 Å². The summed E-state index contributed by atoms with van der Waals surface area (Å²) in [6, 6.07) is 0. The van der Waals surface area contributed by atoms with Crippen LogP contribution in [-0.2, 0) is 0 Å². The van der Waals surface area contributed by atoms with Gasteiger partial charge < -0.3 is 10.2 Å². The highest BCUT2D eigenvalue weighted by Crippen LogP contribution is 2.36. The van der Waals surface area contributed by atoms with E-state index in [1.165, 1.54) is 0 Å². The molecule has 0 saturated heterocycles. The molecule has 0 aliphatic heterocycles. The smallest absolute Gasteiger partial charge is 0.0626 e. The van der Waals surface area contributed by atoms with Gasteiger partial charge in [-0.05, 0) is 25.7 Å². The first-order chi connectivity index (χ1) is 3.64. The molecule has 1 fully saturated rings. The van der Waals surface area contributed by atoms with Crippen LogP contribution in [0.5, 0.6) is 0 Å². The fourth-order valence-corrected chi connectivity index (χ4v) is 1.31. The lowest BCUT2D eigenvalue weighted by atomic mass is 9.73. The molecule has 0 spiro atoms. The molecule has 0 unspecified atom stereocenters. The molecule has 2 nitrogen and oxygen atoms in total. The van der Waals surface area contributed by atoms with Gasteiger partial charge >= 0.3 is 0 Å². The SMILES string of the molecule is C[C@]1(O)C[C@@H](CO)C1. The Hall–Kier alpha value is -0.0800. The fourth-order valence-electron chi connectivity index (χ4n) is 1.31. The van der Waals surface area contributed by atoms with Gasteiger partial charge in [-0.2, -0.15) is 0 Å². The predicted octanol–water partition coefficient (Wildman–Crippen LogP) is 0.140. The van der Waals surface area contributed by atoms with Gasteiger partial charge in [0, 0.05) is 6.61 Å². The van der Waals surface area contributed by atoms with Gasteiger partial charge in [-0.25, -0.2) is 0 Å². The van der Waals surface area contributed by atoms with Crippen LogP contribution in [0.1, 0.15) is 19.8 Å². The molecule has 48 valence electrons. The van der Waals surface area contributed by atoms with Crippen LogP contribution >= 0.6 is 0 Å². The van der Waals surface area contributed by atoms with Crippen molar-refractivity contribution in [1.29, 1.82) is 0 Å². The van der Waals surface area contributed by atoms with Crippen molar-refractivity contribution < 1.29 is 10.2 Å². The first-order valence-electron chi connectivity index (χ1n) is 2.97. The largest absolute Gasteiger partial charge is 0.396 e. The highest BCUT2D eigenvalue weighted by Gasteiger charge is 2.37. The second-order valence-electron chi connectivity index (χ2n) is 2.95. The third kappa shape index (κ3) is 1.01. The molecule has 0 aromatic rings. The van der Waals surface area contributed by atoms with Gasteiger partial charge in [0.25, 0.3) is 0 Å². The van der Waals surface area contributed by atoms with Gasteiger partial charge in [0.05, 0.1) is 5.60 Å². The number of hydrogen-bond acceptors (Lipinski definition) is 2. The Kier molecular flexibility index (Phi) is 1.29. The third-order valence-corrected chi connectivity index (χ3v) is 1.72. The van der Waals surface area contributed by atoms with Gasteiger partial charge in [0.15, 0.2) is 0 Å². The van der Waals surface area contributed by atoms with Gasteiger partial charge in [0.1, 0.15) is 0 Å². The second-order valence-corrected chi connectivity index (χ2v) is 2.95. The molecule has 0 aromatic heterocycles. The third-order valence-electron chi connectivity index (χ3n) is 1.72. The average Bonchev–Trinajstić information content (AvgIpc) is 1.60. The van der Waals surface area contributed by atoms with Gasteiger partial charge in [0.2, 0.25) is 0 Å². The van der Waals surface area contributed by atoms with Crippen molar-refractivity contribution in [1.82, 2.24) is 0 Å². The molecule has 1 aliphatic carbocycles. The zero-order valence-electron chi connectivity index (χ0n) is 5.09. The number of aliphatic hydroxyl groups is 2. The van der Waals surface area contributed by atoms with Crippen LogP contribution in [0.4, 0.5) is 0 Å². The van der Waals surface area contributed by atoms with E-state index >= 15 is 0 Å². The summed E-state index contributed by atoms with van der Waals surface area (Å²) in [5.74, 6) is 0.366. The van der Waals surface area contributed by atoms with Crippen LogP contribution in [0.25, 0.3) is 0 Å². The standard InChI is InChI=1S/C6H12O2/c1-6(8)2-5(3-6)4-7/h5,7-8H,2-4H2,1H3/t5-,6+. The van der Waals surface area contributed by atoms with Crippen LogP contribution in [0.3, 0.4) is 0 Å². The minimum atomic E-state index is -0.465. The molecule has 0 atom stereocenters. The van der Waals surface area contributed by atoms with E-state index in [0.717, 1.165) is 12.8 Å². The van der Waals surface area contributed by atoms with Crippen molar-refractivity contribution in [2.75, 3.05) is 6.61 Å². The summed E-state index contributed by atoms with van der Waals surface area (Å²) in [6.07, 6.45) is 1.53. The average molecular weight is 116 g/mol. The molecule has 8 heavy (non-hydrogen) atoms. The zero-order valence-corrected chi connectivity index (χ0v) is 5.09. The lowest BCUT2D eigenvalue weighted by molar-refractivity contribution is -0.0722. The van der Waals surface area contributed by atoms with E-state index in [2.05, 4.69) is 0 Å². The first-order valence-corrected chi connectivity index (χ1v) is 2.97. The summed E-state index contributed by atoms with van der Waals surface area (Å²) >= 11 is 0. The van der Waals surface area contributed by atoms with E-state index in [1.807, 2.05) is 0 Å². The number of aliphatic hydroxyl groups excluding tert-OH is 1. The quantitative estimate of drug-likeness (QED) is 0.511. The van der Waals surface area contributed by atoms with Crippen molar-refractivity contribution in [3.63, 3.8) is 0 Å². The Morgan fingerprint density at radius 3 is 2.25 bits per heavy atom. The minimum absolute atomic E-state index is 0.232. The second kappa shape index (κ2) is 1.71. The van der Waals surface area contributed by atoms with E-state index in [1.54, 1.807) is 6.92 Å². The lowest BCUT2D eigenvalue weighted by Gasteiger charge is -2.39. The molecule has 0 heterocycles. The molecule has 1 aliphatic rings. The Labute approximate surface area is 49.1 Å². The van der Waals surface area contributed by atoms with Gasteiger partial charge in [-0.3, -0.25) is 0 Å². The van der Waals surface area contributed by atoms with Crippen molar-refractivity contribution in [2.24, 2.45) is 5.92 Å². The minimum Gasteiger partial charge on any atom is -0.396 e. The monoisotopic (exact) mass is 116 g/mol. The summed E-state index contributed by atoms with van der Waals surface area (Å²) in [4.78, 5) is 0. The summed E-state index contributed by atoms with van der Waals surface area (Å²) in [7, 11) is 0. The Bertz CT molecular complexity index is 80.5. The molecular formula is C6H12O2. The van der Waals surface area contributed by atoms with Crippen molar-refractivity contribution in [2.45, 2.75) is 25.4 Å². The van der Waals surface area contributed by atoms with E-state index < -0.39 is 5.60 Å². The number of rotatable bonds is 1. The normalized spacial score (nSPS) is 46.1. The van der Waals surface area contributed by atoms with Crippen LogP contribution in [0.2, 0.25) is 0 Å². The molecule has 2 heteroatoms. The van der Waals surface area contributed by atoms with Crippen LogP contribution in [0, 0.1) is 5.92 Å². The lowest BCUT2D eigenvalue weighted by Crippen LogP contribution is -2.42. The van der Waals surface area contributed by atoms with E-state index in [-0.39, 0.29) is 6.61 Å². The molecule has 0 bridgehead atoms. The molecule has 0 radical (unpaired) electrons. The molecule has 1 rings (SSSR count). The maximum absolute atomic E-state index is 9.10. The molecule has 1 saturated carbocycles. The highest BCUT2D eigenvalue weighted by atomic mass is 16.3. The van der Waals surface area contributed by atoms with E-state index in [4.69, 9.17) is 10.2 Å². The fraction of sp³-hybridized carbons (Fsp3) is 1.00. The molecule has 0 amide bonds. The van der Waals surface area contributed by atoms with Crippen LogP contribution in [-0.4, -0.2) is 22.4 Å². The van der Waals surface area contributed by atoms with Gasteiger partial charge in [-0.15, -0.1) is 0 Å².